The normalized spacial score (nSPS) is 20.1. The zero-order chi connectivity index (χ0) is 19.1. The van der Waals surface area contributed by atoms with Crippen molar-refractivity contribution >= 4 is 11.6 Å². The minimum absolute atomic E-state index is 0.0221. The summed E-state index contributed by atoms with van der Waals surface area (Å²) >= 11 is 0. The molecule has 0 N–H and O–H groups in total. The quantitative estimate of drug-likeness (QED) is 0.664. The van der Waals surface area contributed by atoms with Gasteiger partial charge in [-0.1, -0.05) is 12.1 Å². The van der Waals surface area contributed by atoms with Gasteiger partial charge in [-0.2, -0.15) is 0 Å². The third kappa shape index (κ3) is 2.30. The van der Waals surface area contributed by atoms with Crippen LogP contribution in [0.3, 0.4) is 0 Å². The zero-order valence-electron chi connectivity index (χ0n) is 15.5. The van der Waals surface area contributed by atoms with E-state index in [1.54, 1.807) is 12.3 Å². The fraction of sp³-hybridized carbons (Fsp3) is 0.227. The maximum absolute atomic E-state index is 13.0. The van der Waals surface area contributed by atoms with Gasteiger partial charge in [0.15, 0.2) is 5.82 Å². The monoisotopic (exact) mass is 371 g/mol. The van der Waals surface area contributed by atoms with Gasteiger partial charge in [0, 0.05) is 38.2 Å². The number of hydrogen-bond acceptors (Lipinski definition) is 4. The van der Waals surface area contributed by atoms with Crippen molar-refractivity contribution in [2.75, 3.05) is 24.5 Å². The second-order valence-electron chi connectivity index (χ2n) is 7.23. The molecule has 1 amide bonds. The Kier molecular flexibility index (Phi) is 3.79. The average molecular weight is 371 g/mol. The molecule has 1 spiro atoms. The van der Waals surface area contributed by atoms with Gasteiger partial charge in [0.2, 0.25) is 0 Å². The first-order chi connectivity index (χ1) is 13.7. The SMILES string of the molecule is C=CCN1c2cccnc2-n2cccc2C12CCN(C(=O)c1ccccn1)C2. The van der Waals surface area contributed by atoms with Gasteiger partial charge < -0.3 is 14.4 Å². The average Bonchev–Trinajstić information content (AvgIpc) is 3.40. The van der Waals surface area contributed by atoms with E-state index in [9.17, 15) is 4.79 Å². The van der Waals surface area contributed by atoms with E-state index in [2.05, 4.69) is 50.4 Å². The molecule has 0 aliphatic carbocycles. The molecule has 0 aromatic carbocycles. The molecule has 0 saturated carbocycles. The molecule has 1 atom stereocenters. The summed E-state index contributed by atoms with van der Waals surface area (Å²) in [7, 11) is 0. The number of aromatic nitrogens is 3. The van der Waals surface area contributed by atoms with Crippen LogP contribution in [0.4, 0.5) is 5.69 Å². The number of anilines is 1. The Hall–Kier alpha value is -3.41. The smallest absolute Gasteiger partial charge is 0.272 e. The van der Waals surface area contributed by atoms with Crippen LogP contribution >= 0.6 is 0 Å². The number of amides is 1. The Morgan fingerprint density at radius 2 is 2.04 bits per heavy atom. The van der Waals surface area contributed by atoms with Crippen LogP contribution in [0.1, 0.15) is 22.6 Å². The molecule has 6 heteroatoms. The molecular formula is C22H21N5O. The standard InChI is InChI=1S/C22H21N5O/c1-2-13-27-18-8-5-12-24-20(18)26-14-6-9-19(26)22(27)10-15-25(16-22)21(28)17-7-3-4-11-23-17/h2-9,11-12,14H,1,10,13,15-16H2. The maximum Gasteiger partial charge on any atom is 0.272 e. The van der Waals surface area contributed by atoms with Crippen LogP contribution in [-0.2, 0) is 5.54 Å². The summed E-state index contributed by atoms with van der Waals surface area (Å²) in [5.74, 6) is 0.899. The second kappa shape index (κ2) is 6.34. The Bertz CT molecular complexity index is 1040. The molecule has 1 unspecified atom stereocenters. The van der Waals surface area contributed by atoms with E-state index >= 15 is 0 Å². The van der Waals surface area contributed by atoms with Gasteiger partial charge in [0.05, 0.1) is 11.4 Å². The summed E-state index contributed by atoms with van der Waals surface area (Å²) in [5.41, 5.74) is 2.41. The molecule has 140 valence electrons. The molecular weight excluding hydrogens is 350 g/mol. The van der Waals surface area contributed by atoms with Crippen molar-refractivity contribution in [2.45, 2.75) is 12.0 Å². The van der Waals surface area contributed by atoms with Gasteiger partial charge in [-0.15, -0.1) is 6.58 Å². The number of nitrogens with zero attached hydrogens (tertiary/aromatic N) is 5. The number of carbonyl (C=O) groups excluding carboxylic acids is 1. The Labute approximate surface area is 163 Å². The van der Waals surface area contributed by atoms with Crippen molar-refractivity contribution < 1.29 is 4.79 Å². The summed E-state index contributed by atoms with van der Waals surface area (Å²) in [5, 5.41) is 0. The van der Waals surface area contributed by atoms with E-state index in [0.717, 1.165) is 23.6 Å². The number of pyridine rings is 2. The Balaban J connectivity index is 1.59. The number of carbonyl (C=O) groups is 1. The summed E-state index contributed by atoms with van der Waals surface area (Å²) in [6.45, 7) is 5.95. The lowest BCUT2D eigenvalue weighted by Crippen LogP contribution is -2.52. The molecule has 3 aromatic rings. The van der Waals surface area contributed by atoms with Gasteiger partial charge in [-0.05, 0) is 42.8 Å². The summed E-state index contributed by atoms with van der Waals surface area (Å²) in [6, 6.07) is 13.7. The number of fused-ring (bicyclic) bond motifs is 4. The van der Waals surface area contributed by atoms with Gasteiger partial charge in [-0.25, -0.2) is 4.98 Å². The van der Waals surface area contributed by atoms with Gasteiger partial charge >= 0.3 is 0 Å². The molecule has 5 heterocycles. The van der Waals surface area contributed by atoms with E-state index in [1.165, 1.54) is 0 Å². The highest BCUT2D eigenvalue weighted by Gasteiger charge is 2.50. The molecule has 1 saturated heterocycles. The van der Waals surface area contributed by atoms with E-state index in [1.807, 2.05) is 35.4 Å². The van der Waals surface area contributed by atoms with Crippen LogP contribution in [0.25, 0.3) is 5.82 Å². The first-order valence-corrected chi connectivity index (χ1v) is 9.47. The lowest BCUT2D eigenvalue weighted by molar-refractivity contribution is 0.0776. The Morgan fingerprint density at radius 3 is 2.86 bits per heavy atom. The van der Waals surface area contributed by atoms with E-state index in [4.69, 9.17) is 0 Å². The summed E-state index contributed by atoms with van der Waals surface area (Å²) in [6.07, 6.45) is 8.30. The van der Waals surface area contributed by atoms with E-state index in [-0.39, 0.29) is 11.4 Å². The lowest BCUT2D eigenvalue weighted by Gasteiger charge is -2.46. The van der Waals surface area contributed by atoms with Crippen molar-refractivity contribution in [1.82, 2.24) is 19.4 Å². The highest BCUT2D eigenvalue weighted by Crippen LogP contribution is 2.46. The Morgan fingerprint density at radius 1 is 1.14 bits per heavy atom. The number of likely N-dealkylation sites (tertiary alicyclic amines) is 1. The maximum atomic E-state index is 13.0. The minimum atomic E-state index is -0.307. The fourth-order valence-corrected chi connectivity index (χ4v) is 4.55. The van der Waals surface area contributed by atoms with Crippen LogP contribution in [0.5, 0.6) is 0 Å². The second-order valence-corrected chi connectivity index (χ2v) is 7.23. The molecule has 3 aromatic heterocycles. The lowest BCUT2D eigenvalue weighted by atomic mass is 9.89. The first-order valence-electron chi connectivity index (χ1n) is 9.47. The highest BCUT2D eigenvalue weighted by molar-refractivity contribution is 5.92. The summed E-state index contributed by atoms with van der Waals surface area (Å²) in [4.78, 5) is 26.2. The van der Waals surface area contributed by atoms with Crippen LogP contribution in [0, 0.1) is 0 Å². The van der Waals surface area contributed by atoms with Crippen LogP contribution in [0.2, 0.25) is 0 Å². The van der Waals surface area contributed by atoms with Gasteiger partial charge in [-0.3, -0.25) is 9.78 Å². The van der Waals surface area contributed by atoms with Crippen molar-refractivity contribution in [3.05, 3.63) is 85.1 Å². The van der Waals surface area contributed by atoms with Crippen molar-refractivity contribution in [3.63, 3.8) is 0 Å². The minimum Gasteiger partial charge on any atom is -0.352 e. The van der Waals surface area contributed by atoms with E-state index < -0.39 is 0 Å². The largest absolute Gasteiger partial charge is 0.352 e. The molecule has 0 radical (unpaired) electrons. The molecule has 6 nitrogen and oxygen atoms in total. The predicted octanol–water partition coefficient (Wildman–Crippen LogP) is 3.01. The number of rotatable bonds is 3. The van der Waals surface area contributed by atoms with Crippen molar-refractivity contribution in [1.29, 1.82) is 0 Å². The topological polar surface area (TPSA) is 54.3 Å². The fourth-order valence-electron chi connectivity index (χ4n) is 4.55. The number of hydrogen-bond donors (Lipinski definition) is 0. The molecule has 1 fully saturated rings. The molecule has 5 rings (SSSR count). The van der Waals surface area contributed by atoms with Crippen LogP contribution in [-0.4, -0.2) is 45.0 Å². The third-order valence-electron chi connectivity index (χ3n) is 5.76. The van der Waals surface area contributed by atoms with E-state index in [0.29, 0.717) is 25.3 Å². The van der Waals surface area contributed by atoms with Gasteiger partial charge in [0.25, 0.3) is 5.91 Å². The van der Waals surface area contributed by atoms with Crippen LogP contribution < -0.4 is 4.90 Å². The van der Waals surface area contributed by atoms with Crippen LogP contribution in [0.15, 0.2) is 73.7 Å². The first kappa shape index (κ1) is 16.7. The molecule has 2 aliphatic rings. The molecule has 28 heavy (non-hydrogen) atoms. The molecule has 0 bridgehead atoms. The zero-order valence-corrected chi connectivity index (χ0v) is 15.5. The summed E-state index contributed by atoms with van der Waals surface area (Å²) < 4.78 is 2.16. The third-order valence-corrected chi connectivity index (χ3v) is 5.76. The van der Waals surface area contributed by atoms with Gasteiger partial charge in [0.1, 0.15) is 11.2 Å². The highest BCUT2D eigenvalue weighted by atomic mass is 16.2. The van der Waals surface area contributed by atoms with Crippen molar-refractivity contribution in [3.8, 4) is 5.82 Å². The molecule has 2 aliphatic heterocycles. The predicted molar refractivity (Wildman–Crippen MR) is 108 cm³/mol. The van der Waals surface area contributed by atoms with Crippen molar-refractivity contribution in [2.24, 2.45) is 0 Å².